The van der Waals surface area contributed by atoms with Gasteiger partial charge in [0.25, 0.3) is 0 Å². The molecule has 0 saturated carbocycles. The molecule has 1 amide bonds. The summed E-state index contributed by atoms with van der Waals surface area (Å²) in [6.07, 6.45) is 74.1. The summed E-state index contributed by atoms with van der Waals surface area (Å²) >= 11 is 0. The predicted octanol–water partition coefficient (Wildman–Crippen LogP) is 18.3. The number of nitrogens with one attached hydrogen (secondary N) is 1. The highest BCUT2D eigenvalue weighted by Gasteiger charge is 2.18. The molecule has 3 N–H and O–H groups in total. The van der Waals surface area contributed by atoms with Gasteiger partial charge in [0, 0.05) is 6.42 Å². The lowest BCUT2D eigenvalue weighted by molar-refractivity contribution is -0.123. The summed E-state index contributed by atoms with van der Waals surface area (Å²) in [7, 11) is 0. The molecule has 364 valence electrons. The van der Waals surface area contributed by atoms with Crippen molar-refractivity contribution in [3.8, 4) is 0 Å². The Morgan fingerprint density at radius 2 is 0.661 bits per heavy atom. The van der Waals surface area contributed by atoms with Gasteiger partial charge in [-0.15, -0.1) is 0 Å². The lowest BCUT2D eigenvalue weighted by Gasteiger charge is -2.20. The smallest absolute Gasteiger partial charge is 0.220 e. The number of aliphatic hydroxyl groups excluding tert-OH is 2. The highest BCUT2D eigenvalue weighted by Crippen LogP contribution is 2.17. The van der Waals surface area contributed by atoms with Crippen LogP contribution in [0.1, 0.15) is 296 Å². The van der Waals surface area contributed by atoms with Crippen LogP contribution in [-0.4, -0.2) is 34.9 Å². The summed E-state index contributed by atoms with van der Waals surface area (Å²) in [5.74, 6) is -0.0606. The second kappa shape index (κ2) is 53.7. The maximum atomic E-state index is 12.5. The maximum absolute atomic E-state index is 12.5. The van der Waals surface area contributed by atoms with E-state index in [4.69, 9.17) is 0 Å². The average Bonchev–Trinajstić information content (AvgIpc) is 3.28. The molecular formula is C58H109NO3. The summed E-state index contributed by atoms with van der Waals surface area (Å²) in [5.41, 5.74) is 0. The number of amides is 1. The van der Waals surface area contributed by atoms with E-state index in [0.29, 0.717) is 6.42 Å². The van der Waals surface area contributed by atoms with Crippen molar-refractivity contribution >= 4 is 5.91 Å². The van der Waals surface area contributed by atoms with E-state index in [1.165, 1.54) is 238 Å². The monoisotopic (exact) mass is 868 g/mol. The van der Waals surface area contributed by atoms with Gasteiger partial charge in [0.15, 0.2) is 0 Å². The SMILES string of the molecule is CCCCCCC/C=C\C/C=C\C/C=C\CCCCCCCCCCCCCCCCCCCCC(=O)NC(CO)C(O)/C=C/CCCCCCCCCCCCCCCCC. The largest absolute Gasteiger partial charge is 0.394 e. The number of carbonyl (C=O) groups is 1. The average molecular weight is 869 g/mol. The van der Waals surface area contributed by atoms with Gasteiger partial charge in [-0.3, -0.25) is 4.79 Å². The molecule has 0 heterocycles. The molecular weight excluding hydrogens is 759 g/mol. The lowest BCUT2D eigenvalue weighted by Crippen LogP contribution is -2.45. The Morgan fingerprint density at radius 3 is 0.984 bits per heavy atom. The van der Waals surface area contributed by atoms with Gasteiger partial charge in [-0.2, -0.15) is 0 Å². The van der Waals surface area contributed by atoms with Crippen molar-refractivity contribution in [1.29, 1.82) is 0 Å². The molecule has 0 aromatic carbocycles. The maximum Gasteiger partial charge on any atom is 0.220 e. The third-order valence-corrected chi connectivity index (χ3v) is 12.8. The van der Waals surface area contributed by atoms with Gasteiger partial charge >= 0.3 is 0 Å². The normalized spacial score (nSPS) is 13.2. The Kier molecular flexibility index (Phi) is 52.3. The molecule has 0 spiro atoms. The van der Waals surface area contributed by atoms with E-state index >= 15 is 0 Å². The van der Waals surface area contributed by atoms with E-state index in [1.807, 2.05) is 6.08 Å². The van der Waals surface area contributed by atoms with Crippen molar-refractivity contribution in [2.45, 2.75) is 309 Å². The van der Waals surface area contributed by atoms with Gasteiger partial charge in [-0.05, 0) is 57.8 Å². The van der Waals surface area contributed by atoms with Crippen molar-refractivity contribution in [3.05, 3.63) is 48.6 Å². The van der Waals surface area contributed by atoms with Crippen LogP contribution in [0.4, 0.5) is 0 Å². The van der Waals surface area contributed by atoms with Crippen molar-refractivity contribution in [2.75, 3.05) is 6.61 Å². The molecule has 0 fully saturated rings. The molecule has 62 heavy (non-hydrogen) atoms. The van der Waals surface area contributed by atoms with Crippen LogP contribution in [-0.2, 0) is 4.79 Å². The fourth-order valence-electron chi connectivity index (χ4n) is 8.54. The molecule has 0 rings (SSSR count). The number of rotatable bonds is 51. The Morgan fingerprint density at radius 1 is 0.387 bits per heavy atom. The van der Waals surface area contributed by atoms with Gasteiger partial charge in [0.2, 0.25) is 5.91 Å². The van der Waals surface area contributed by atoms with Crippen molar-refractivity contribution in [1.82, 2.24) is 5.32 Å². The Balaban J connectivity index is 3.46. The minimum atomic E-state index is -0.839. The zero-order valence-corrected chi connectivity index (χ0v) is 41.9. The van der Waals surface area contributed by atoms with Crippen LogP contribution in [0.25, 0.3) is 0 Å². The van der Waals surface area contributed by atoms with Crippen LogP contribution in [0.3, 0.4) is 0 Å². The highest BCUT2D eigenvalue weighted by molar-refractivity contribution is 5.76. The van der Waals surface area contributed by atoms with E-state index in [9.17, 15) is 15.0 Å². The van der Waals surface area contributed by atoms with Gasteiger partial charge in [0.1, 0.15) is 0 Å². The van der Waals surface area contributed by atoms with Crippen LogP contribution in [0.5, 0.6) is 0 Å². The number of allylic oxidation sites excluding steroid dienone is 7. The van der Waals surface area contributed by atoms with Crippen LogP contribution in [0.2, 0.25) is 0 Å². The number of carbonyl (C=O) groups excluding carboxylic acids is 1. The zero-order chi connectivity index (χ0) is 44.9. The third-order valence-electron chi connectivity index (χ3n) is 12.8. The summed E-state index contributed by atoms with van der Waals surface area (Å²) in [4.78, 5) is 12.5. The minimum absolute atomic E-state index is 0.0606. The van der Waals surface area contributed by atoms with E-state index in [0.717, 1.165) is 38.5 Å². The van der Waals surface area contributed by atoms with Crippen molar-refractivity contribution in [3.63, 3.8) is 0 Å². The number of unbranched alkanes of at least 4 members (excludes halogenated alkanes) is 38. The van der Waals surface area contributed by atoms with E-state index < -0.39 is 12.1 Å². The van der Waals surface area contributed by atoms with Gasteiger partial charge < -0.3 is 15.5 Å². The van der Waals surface area contributed by atoms with E-state index in [-0.39, 0.29) is 12.5 Å². The number of aliphatic hydroxyl groups is 2. The first kappa shape index (κ1) is 60.4. The summed E-state index contributed by atoms with van der Waals surface area (Å²) in [6, 6.07) is -0.622. The summed E-state index contributed by atoms with van der Waals surface area (Å²) < 4.78 is 0. The van der Waals surface area contributed by atoms with Crippen LogP contribution < -0.4 is 5.32 Å². The molecule has 4 nitrogen and oxygen atoms in total. The van der Waals surface area contributed by atoms with E-state index in [2.05, 4.69) is 55.6 Å². The first-order valence-electron chi connectivity index (χ1n) is 27.9. The fourth-order valence-corrected chi connectivity index (χ4v) is 8.54. The number of hydrogen-bond donors (Lipinski definition) is 3. The molecule has 2 unspecified atom stereocenters. The second-order valence-corrected chi connectivity index (χ2v) is 19.0. The topological polar surface area (TPSA) is 69.6 Å². The highest BCUT2D eigenvalue weighted by atomic mass is 16.3. The van der Waals surface area contributed by atoms with Gasteiger partial charge in [-0.25, -0.2) is 0 Å². The first-order valence-corrected chi connectivity index (χ1v) is 27.9. The Bertz CT molecular complexity index is 985. The first-order chi connectivity index (χ1) is 30.7. The van der Waals surface area contributed by atoms with Crippen LogP contribution >= 0.6 is 0 Å². The molecule has 0 bridgehead atoms. The van der Waals surface area contributed by atoms with E-state index in [1.54, 1.807) is 6.08 Å². The zero-order valence-electron chi connectivity index (χ0n) is 41.9. The molecule has 0 saturated heterocycles. The van der Waals surface area contributed by atoms with Crippen molar-refractivity contribution in [2.24, 2.45) is 0 Å². The molecule has 0 aromatic heterocycles. The molecule has 0 aliphatic carbocycles. The Labute approximate surface area is 388 Å². The second-order valence-electron chi connectivity index (χ2n) is 19.0. The summed E-state index contributed by atoms with van der Waals surface area (Å²) in [6.45, 7) is 4.32. The van der Waals surface area contributed by atoms with Crippen molar-refractivity contribution < 1.29 is 15.0 Å². The molecule has 0 aliphatic rings. The van der Waals surface area contributed by atoms with Gasteiger partial charge in [-0.1, -0.05) is 281 Å². The fraction of sp³-hybridized carbons (Fsp3) is 0.845. The molecule has 4 heteroatoms. The quantitative estimate of drug-likeness (QED) is 0.0421. The Hall–Kier alpha value is -1.65. The van der Waals surface area contributed by atoms with Crippen LogP contribution in [0.15, 0.2) is 48.6 Å². The minimum Gasteiger partial charge on any atom is -0.394 e. The molecule has 0 aromatic rings. The molecule has 2 atom stereocenters. The standard InChI is InChI=1S/C58H109NO3/c1-3-5-7-9-11-13-15-17-19-21-22-23-24-25-26-27-28-29-30-31-32-33-34-35-36-38-40-42-44-46-48-50-52-54-58(62)59-56(55-60)57(61)53-51-49-47-45-43-41-39-37-20-18-16-14-12-10-8-6-4-2/h15,17,21-22,24-25,51,53,56-57,60-61H,3-14,16,18-20,23,26-50,52,54-55H2,1-2H3,(H,59,62)/b17-15-,22-21-,25-24-,53-51+. The summed E-state index contributed by atoms with van der Waals surface area (Å²) in [5, 5.41) is 23.1. The molecule has 0 radical (unpaired) electrons. The third kappa shape index (κ3) is 49.4. The van der Waals surface area contributed by atoms with Crippen LogP contribution in [0, 0.1) is 0 Å². The molecule has 0 aliphatic heterocycles. The number of hydrogen-bond acceptors (Lipinski definition) is 3. The predicted molar refractivity (Wildman–Crippen MR) is 276 cm³/mol. The van der Waals surface area contributed by atoms with Gasteiger partial charge in [0.05, 0.1) is 18.8 Å². The lowest BCUT2D eigenvalue weighted by atomic mass is 10.0.